The summed E-state index contributed by atoms with van der Waals surface area (Å²) < 4.78 is 4.87. The second kappa shape index (κ2) is 7.20. The van der Waals surface area contributed by atoms with Crippen molar-refractivity contribution in [1.29, 1.82) is 0 Å². The third-order valence-electron chi connectivity index (χ3n) is 2.16. The summed E-state index contributed by atoms with van der Waals surface area (Å²) in [6, 6.07) is 4.70. The number of esters is 1. The highest BCUT2D eigenvalue weighted by Gasteiger charge is 2.09. The van der Waals surface area contributed by atoms with E-state index < -0.39 is 12.1 Å². The van der Waals surface area contributed by atoms with Crippen molar-refractivity contribution in [3.63, 3.8) is 0 Å². The molecule has 0 aromatic heterocycles. The van der Waals surface area contributed by atoms with Gasteiger partial charge in [-0.3, -0.25) is 0 Å². The molecule has 0 radical (unpaired) electrons. The van der Waals surface area contributed by atoms with E-state index in [1.165, 1.54) is 6.07 Å². The normalized spacial score (nSPS) is 12.0. The average Bonchev–Trinajstić information content (AvgIpc) is 2.35. The molecule has 0 heterocycles. The third-order valence-corrected chi connectivity index (χ3v) is 2.38. The molecule has 0 bridgehead atoms. The molecular formula is C12H16ClNO4. The Labute approximate surface area is 110 Å². The van der Waals surface area contributed by atoms with Crippen LogP contribution in [0, 0.1) is 0 Å². The van der Waals surface area contributed by atoms with Gasteiger partial charge in [-0.15, -0.1) is 0 Å². The summed E-state index contributed by atoms with van der Waals surface area (Å²) in [6.45, 7) is 1.84. The summed E-state index contributed by atoms with van der Waals surface area (Å²) in [5.74, 6) is -0.453. The van der Waals surface area contributed by atoms with E-state index in [0.29, 0.717) is 16.3 Å². The minimum Gasteiger partial charge on any atom is -0.462 e. The van der Waals surface area contributed by atoms with Crippen molar-refractivity contribution in [2.45, 2.75) is 13.0 Å². The van der Waals surface area contributed by atoms with Crippen LogP contribution in [-0.2, 0) is 4.74 Å². The molecule has 0 saturated carbocycles. The Balaban J connectivity index is 2.77. The van der Waals surface area contributed by atoms with Crippen LogP contribution < -0.4 is 5.32 Å². The van der Waals surface area contributed by atoms with Crippen molar-refractivity contribution in [2.75, 3.05) is 25.1 Å². The van der Waals surface area contributed by atoms with Crippen LogP contribution in [0.15, 0.2) is 18.2 Å². The van der Waals surface area contributed by atoms with Crippen LogP contribution in [0.2, 0.25) is 5.02 Å². The zero-order valence-corrected chi connectivity index (χ0v) is 10.8. The van der Waals surface area contributed by atoms with Crippen LogP contribution in [-0.4, -0.2) is 42.0 Å². The van der Waals surface area contributed by atoms with Gasteiger partial charge in [-0.25, -0.2) is 4.79 Å². The number of carbonyl (C=O) groups excluding carboxylic acids is 1. The van der Waals surface area contributed by atoms with Crippen molar-refractivity contribution in [1.82, 2.24) is 0 Å². The lowest BCUT2D eigenvalue weighted by Gasteiger charge is -2.11. The predicted octanol–water partition coefficient (Wildman–Crippen LogP) is 1.28. The largest absolute Gasteiger partial charge is 0.462 e. The van der Waals surface area contributed by atoms with E-state index in [1.54, 1.807) is 19.1 Å². The number of aliphatic hydroxyl groups excluding tert-OH is 2. The molecule has 0 aliphatic rings. The molecule has 1 rings (SSSR count). The summed E-state index contributed by atoms with van der Waals surface area (Å²) in [5.41, 5.74) is 0.920. The fraction of sp³-hybridized carbons (Fsp3) is 0.417. The number of nitrogens with one attached hydrogen (secondary N) is 1. The number of aliphatic hydroxyl groups is 2. The summed E-state index contributed by atoms with van der Waals surface area (Å²) in [7, 11) is 0. The van der Waals surface area contributed by atoms with E-state index in [-0.39, 0.29) is 19.8 Å². The molecule has 3 N–H and O–H groups in total. The van der Waals surface area contributed by atoms with Crippen LogP contribution in [0.5, 0.6) is 0 Å². The van der Waals surface area contributed by atoms with E-state index in [1.807, 2.05) is 0 Å². The number of hydrogen-bond donors (Lipinski definition) is 3. The second-order valence-electron chi connectivity index (χ2n) is 3.67. The maximum absolute atomic E-state index is 11.5. The maximum atomic E-state index is 11.5. The van der Waals surface area contributed by atoms with E-state index in [2.05, 4.69) is 5.32 Å². The lowest BCUT2D eigenvalue weighted by Crippen LogP contribution is -2.23. The van der Waals surface area contributed by atoms with Gasteiger partial charge in [0.2, 0.25) is 0 Å². The number of anilines is 1. The SMILES string of the molecule is CCOC(=O)c1cc(Cl)cc(NCC(O)CO)c1. The highest BCUT2D eigenvalue weighted by Crippen LogP contribution is 2.19. The van der Waals surface area contributed by atoms with Crippen molar-refractivity contribution in [2.24, 2.45) is 0 Å². The molecule has 1 atom stereocenters. The lowest BCUT2D eigenvalue weighted by molar-refractivity contribution is 0.0526. The van der Waals surface area contributed by atoms with Gasteiger partial charge in [-0.2, -0.15) is 0 Å². The third kappa shape index (κ3) is 4.52. The van der Waals surface area contributed by atoms with Crippen LogP contribution in [0.4, 0.5) is 5.69 Å². The monoisotopic (exact) mass is 273 g/mol. The first-order valence-electron chi connectivity index (χ1n) is 5.57. The molecule has 1 aromatic rings. The molecule has 6 heteroatoms. The van der Waals surface area contributed by atoms with Gasteiger partial charge in [0.05, 0.1) is 24.9 Å². The van der Waals surface area contributed by atoms with Crippen molar-refractivity contribution >= 4 is 23.3 Å². The first-order valence-corrected chi connectivity index (χ1v) is 5.95. The Bertz CT molecular complexity index is 411. The fourth-order valence-electron chi connectivity index (χ4n) is 1.32. The van der Waals surface area contributed by atoms with Crippen LogP contribution >= 0.6 is 11.6 Å². The Hall–Kier alpha value is -1.30. The molecule has 100 valence electrons. The van der Waals surface area contributed by atoms with Crippen LogP contribution in [0.25, 0.3) is 0 Å². The molecule has 5 nitrogen and oxygen atoms in total. The smallest absolute Gasteiger partial charge is 0.338 e. The van der Waals surface area contributed by atoms with Crippen molar-refractivity contribution in [3.05, 3.63) is 28.8 Å². The Morgan fingerprint density at radius 1 is 1.50 bits per heavy atom. The van der Waals surface area contributed by atoms with Gasteiger partial charge < -0.3 is 20.3 Å². The molecular weight excluding hydrogens is 258 g/mol. The quantitative estimate of drug-likeness (QED) is 0.681. The molecule has 18 heavy (non-hydrogen) atoms. The van der Waals surface area contributed by atoms with Crippen LogP contribution in [0.1, 0.15) is 17.3 Å². The standard InChI is InChI=1S/C12H16ClNO4/c1-2-18-12(17)8-3-9(13)5-10(4-8)14-6-11(16)7-15/h3-5,11,14-16H,2,6-7H2,1H3. The van der Waals surface area contributed by atoms with Gasteiger partial charge in [0, 0.05) is 17.3 Å². The van der Waals surface area contributed by atoms with Crippen LogP contribution in [0.3, 0.4) is 0 Å². The van der Waals surface area contributed by atoms with E-state index >= 15 is 0 Å². The number of hydrogen-bond acceptors (Lipinski definition) is 5. The first kappa shape index (κ1) is 14.8. The predicted molar refractivity (Wildman–Crippen MR) is 69.0 cm³/mol. The zero-order chi connectivity index (χ0) is 13.5. The Morgan fingerprint density at radius 3 is 2.83 bits per heavy atom. The van der Waals surface area contributed by atoms with E-state index in [9.17, 15) is 9.90 Å². The van der Waals surface area contributed by atoms with E-state index in [0.717, 1.165) is 0 Å². The molecule has 0 spiro atoms. The maximum Gasteiger partial charge on any atom is 0.338 e. The fourth-order valence-corrected chi connectivity index (χ4v) is 1.56. The van der Waals surface area contributed by atoms with Crippen molar-refractivity contribution in [3.8, 4) is 0 Å². The molecule has 0 amide bonds. The Kier molecular flexibility index (Phi) is 5.91. The summed E-state index contributed by atoms with van der Waals surface area (Å²) in [6.07, 6.45) is -0.866. The second-order valence-corrected chi connectivity index (χ2v) is 4.10. The number of benzene rings is 1. The first-order chi connectivity index (χ1) is 8.56. The number of ether oxygens (including phenoxy) is 1. The van der Waals surface area contributed by atoms with Gasteiger partial charge in [-0.1, -0.05) is 11.6 Å². The van der Waals surface area contributed by atoms with Gasteiger partial charge >= 0.3 is 5.97 Å². The molecule has 1 aromatic carbocycles. The summed E-state index contributed by atoms with van der Waals surface area (Å²) in [5, 5.41) is 21.2. The van der Waals surface area contributed by atoms with E-state index in [4.69, 9.17) is 21.4 Å². The highest BCUT2D eigenvalue weighted by atomic mass is 35.5. The molecule has 0 aliphatic carbocycles. The molecule has 0 fully saturated rings. The van der Waals surface area contributed by atoms with Gasteiger partial charge in [0.25, 0.3) is 0 Å². The number of carbonyl (C=O) groups is 1. The number of halogens is 1. The van der Waals surface area contributed by atoms with Gasteiger partial charge in [0.15, 0.2) is 0 Å². The topological polar surface area (TPSA) is 78.8 Å². The minimum absolute atomic E-state index is 0.166. The Morgan fingerprint density at radius 2 is 2.22 bits per heavy atom. The van der Waals surface area contributed by atoms with Gasteiger partial charge in [-0.05, 0) is 25.1 Å². The number of rotatable bonds is 6. The lowest BCUT2D eigenvalue weighted by atomic mass is 10.2. The van der Waals surface area contributed by atoms with Crippen molar-refractivity contribution < 1.29 is 19.7 Å². The molecule has 0 aliphatic heterocycles. The zero-order valence-electron chi connectivity index (χ0n) is 10.0. The summed E-state index contributed by atoms with van der Waals surface area (Å²) in [4.78, 5) is 11.5. The van der Waals surface area contributed by atoms with Gasteiger partial charge in [0.1, 0.15) is 0 Å². The average molecular weight is 274 g/mol. The molecule has 1 unspecified atom stereocenters. The highest BCUT2D eigenvalue weighted by molar-refractivity contribution is 6.31. The minimum atomic E-state index is -0.866. The molecule has 0 saturated heterocycles. The summed E-state index contributed by atoms with van der Waals surface area (Å²) >= 11 is 5.88.